The molecular weight excluding hydrogens is 445 g/mol. The molecule has 1 aliphatic carbocycles. The Morgan fingerprint density at radius 2 is 1.57 bits per heavy atom. The average Bonchev–Trinajstić information content (AvgIpc) is 2.87. The lowest BCUT2D eigenvalue weighted by atomic mass is 9.79. The summed E-state index contributed by atoms with van der Waals surface area (Å²) >= 11 is 0. The Morgan fingerprint density at radius 1 is 0.857 bits per heavy atom. The molecule has 4 heteroatoms. The largest absolute Gasteiger partial charge is 0.490 e. The Morgan fingerprint density at radius 3 is 2.26 bits per heavy atom. The highest BCUT2D eigenvalue weighted by atomic mass is 19.2. The van der Waals surface area contributed by atoms with Gasteiger partial charge in [-0.1, -0.05) is 68.3 Å². The zero-order valence-electron chi connectivity index (χ0n) is 20.3. The second kappa shape index (κ2) is 11.6. The summed E-state index contributed by atoms with van der Waals surface area (Å²) < 4.78 is 49.5. The van der Waals surface area contributed by atoms with Crippen LogP contribution in [0.15, 0.2) is 67.3 Å². The van der Waals surface area contributed by atoms with Crippen molar-refractivity contribution in [2.75, 3.05) is 6.61 Å². The molecule has 0 heterocycles. The lowest BCUT2D eigenvalue weighted by Crippen LogP contribution is -2.13. The molecule has 35 heavy (non-hydrogen) atoms. The lowest BCUT2D eigenvalue weighted by Gasteiger charge is -2.27. The summed E-state index contributed by atoms with van der Waals surface area (Å²) in [5.41, 5.74) is 3.60. The molecule has 0 radical (unpaired) electrons. The van der Waals surface area contributed by atoms with Gasteiger partial charge in [-0.3, -0.25) is 0 Å². The summed E-state index contributed by atoms with van der Waals surface area (Å²) in [6, 6.07) is 16.2. The van der Waals surface area contributed by atoms with Gasteiger partial charge in [-0.25, -0.2) is 13.2 Å². The highest BCUT2D eigenvalue weighted by Crippen LogP contribution is 2.37. The molecule has 0 unspecified atom stereocenters. The molecule has 4 rings (SSSR count). The van der Waals surface area contributed by atoms with Crippen LogP contribution in [-0.2, 0) is 12.8 Å². The Balaban J connectivity index is 1.38. The van der Waals surface area contributed by atoms with Gasteiger partial charge in [0.15, 0.2) is 23.2 Å². The number of halogens is 3. The van der Waals surface area contributed by atoms with Gasteiger partial charge >= 0.3 is 0 Å². The highest BCUT2D eigenvalue weighted by Gasteiger charge is 2.24. The summed E-state index contributed by atoms with van der Waals surface area (Å²) in [6.45, 7) is 6.24. The Labute approximate surface area is 206 Å². The summed E-state index contributed by atoms with van der Waals surface area (Å²) in [7, 11) is 0. The van der Waals surface area contributed by atoms with E-state index in [4.69, 9.17) is 4.74 Å². The van der Waals surface area contributed by atoms with E-state index in [1.807, 2.05) is 30.3 Å². The first kappa shape index (κ1) is 25.1. The molecule has 1 nitrogen and oxygen atoms in total. The summed E-state index contributed by atoms with van der Waals surface area (Å²) in [4.78, 5) is 0. The van der Waals surface area contributed by atoms with Crippen molar-refractivity contribution in [3.63, 3.8) is 0 Å². The minimum absolute atomic E-state index is 0.125. The van der Waals surface area contributed by atoms with Gasteiger partial charge in [0, 0.05) is 0 Å². The fourth-order valence-corrected chi connectivity index (χ4v) is 4.88. The van der Waals surface area contributed by atoms with Crippen molar-refractivity contribution in [3.05, 3.63) is 101 Å². The van der Waals surface area contributed by atoms with Crippen LogP contribution in [0.4, 0.5) is 13.2 Å². The normalized spacial score (nSPS) is 17.8. The van der Waals surface area contributed by atoms with Crippen molar-refractivity contribution in [2.24, 2.45) is 5.92 Å². The molecule has 0 saturated heterocycles. The van der Waals surface area contributed by atoms with Crippen molar-refractivity contribution >= 4 is 0 Å². The summed E-state index contributed by atoms with van der Waals surface area (Å²) in [5.74, 6) is -0.755. The third-order valence-corrected chi connectivity index (χ3v) is 7.13. The van der Waals surface area contributed by atoms with E-state index in [-0.39, 0.29) is 11.7 Å². The maximum absolute atomic E-state index is 14.8. The number of benzene rings is 3. The van der Waals surface area contributed by atoms with Gasteiger partial charge in [-0.15, -0.1) is 6.58 Å². The zero-order chi connectivity index (χ0) is 24.8. The van der Waals surface area contributed by atoms with E-state index in [2.05, 4.69) is 13.5 Å². The number of hydrogen-bond donors (Lipinski definition) is 0. The highest BCUT2D eigenvalue weighted by molar-refractivity contribution is 5.64. The van der Waals surface area contributed by atoms with Crippen molar-refractivity contribution in [3.8, 4) is 16.9 Å². The van der Waals surface area contributed by atoms with Crippen molar-refractivity contribution < 1.29 is 17.9 Å². The van der Waals surface area contributed by atoms with E-state index in [0.29, 0.717) is 42.9 Å². The number of aryl methyl sites for hydroxylation is 2. The van der Waals surface area contributed by atoms with Crippen molar-refractivity contribution in [1.82, 2.24) is 0 Å². The molecule has 1 aliphatic rings. The van der Waals surface area contributed by atoms with E-state index in [9.17, 15) is 13.2 Å². The first-order chi connectivity index (χ1) is 17.0. The van der Waals surface area contributed by atoms with Gasteiger partial charge < -0.3 is 4.74 Å². The third kappa shape index (κ3) is 6.17. The smallest absolute Gasteiger partial charge is 0.165 e. The molecule has 3 aromatic rings. The van der Waals surface area contributed by atoms with Gasteiger partial charge in [-0.05, 0) is 83.9 Å². The third-order valence-electron chi connectivity index (χ3n) is 7.13. The second-order valence-corrected chi connectivity index (χ2v) is 9.67. The first-order valence-electron chi connectivity index (χ1n) is 12.6. The first-order valence-corrected chi connectivity index (χ1v) is 12.6. The van der Waals surface area contributed by atoms with Crippen LogP contribution >= 0.6 is 0 Å². The molecule has 0 spiro atoms. The maximum Gasteiger partial charge on any atom is 0.165 e. The molecule has 0 N–H and O–H groups in total. The molecule has 0 bridgehead atoms. The van der Waals surface area contributed by atoms with Gasteiger partial charge in [0.25, 0.3) is 0 Å². The SMILES string of the molecule is C=CCCOc1ccc(-c2ccc(CCc3ccc(C4CCC(C)CC4)c(F)c3F)cc2)cc1F. The van der Waals surface area contributed by atoms with Gasteiger partial charge in [-0.2, -0.15) is 0 Å². The predicted octanol–water partition coefficient (Wildman–Crippen LogP) is 8.80. The second-order valence-electron chi connectivity index (χ2n) is 9.67. The van der Waals surface area contributed by atoms with Gasteiger partial charge in [0.1, 0.15) is 0 Å². The van der Waals surface area contributed by atoms with Gasteiger partial charge in [0.05, 0.1) is 6.61 Å². The van der Waals surface area contributed by atoms with Gasteiger partial charge in [0.2, 0.25) is 0 Å². The molecule has 0 amide bonds. The minimum Gasteiger partial charge on any atom is -0.490 e. The van der Waals surface area contributed by atoms with E-state index in [1.165, 1.54) is 6.07 Å². The van der Waals surface area contributed by atoms with Crippen LogP contribution in [0.1, 0.15) is 61.6 Å². The summed E-state index contributed by atoms with van der Waals surface area (Å²) in [6.07, 6.45) is 7.41. The molecule has 3 aromatic carbocycles. The molecule has 0 atom stereocenters. The number of hydrogen-bond acceptors (Lipinski definition) is 1. The molecular formula is C31H33F3O. The fraction of sp³-hybridized carbons (Fsp3) is 0.355. The van der Waals surface area contributed by atoms with Crippen LogP contribution in [0.3, 0.4) is 0 Å². The van der Waals surface area contributed by atoms with Crippen molar-refractivity contribution in [1.29, 1.82) is 0 Å². The van der Waals surface area contributed by atoms with Crippen LogP contribution in [0, 0.1) is 23.4 Å². The Bertz CT molecular complexity index is 1140. The molecule has 1 saturated carbocycles. The van der Waals surface area contributed by atoms with Crippen LogP contribution in [0.2, 0.25) is 0 Å². The summed E-state index contributed by atoms with van der Waals surface area (Å²) in [5, 5.41) is 0. The number of ether oxygens (including phenoxy) is 1. The van der Waals surface area contributed by atoms with E-state index in [0.717, 1.165) is 42.4 Å². The fourth-order valence-electron chi connectivity index (χ4n) is 4.88. The van der Waals surface area contributed by atoms with E-state index < -0.39 is 17.5 Å². The zero-order valence-corrected chi connectivity index (χ0v) is 20.3. The topological polar surface area (TPSA) is 9.23 Å². The van der Waals surface area contributed by atoms with Crippen LogP contribution in [0.25, 0.3) is 11.1 Å². The van der Waals surface area contributed by atoms with E-state index >= 15 is 0 Å². The van der Waals surface area contributed by atoms with Crippen LogP contribution in [-0.4, -0.2) is 6.61 Å². The number of rotatable bonds is 9. The lowest BCUT2D eigenvalue weighted by molar-refractivity contribution is 0.308. The Kier molecular flexibility index (Phi) is 8.33. The monoisotopic (exact) mass is 478 g/mol. The molecule has 0 aromatic heterocycles. The van der Waals surface area contributed by atoms with E-state index in [1.54, 1.807) is 24.3 Å². The van der Waals surface area contributed by atoms with Crippen LogP contribution in [0.5, 0.6) is 5.75 Å². The van der Waals surface area contributed by atoms with Crippen LogP contribution < -0.4 is 4.74 Å². The standard InChI is InChI=1S/C31H33F3O/c1-3-4-19-35-29-18-16-26(20-28(29)32)23-12-7-22(8-13-23)9-14-25-15-17-27(31(34)30(25)33)24-10-5-21(2)6-11-24/h3,7-8,12-13,15-18,20-21,24H,1,4-6,9-11,14,19H2,2H3. The van der Waals surface area contributed by atoms with Crippen molar-refractivity contribution in [2.45, 2.75) is 57.8 Å². The minimum atomic E-state index is -0.705. The average molecular weight is 479 g/mol. The molecule has 0 aliphatic heterocycles. The Hall–Kier alpha value is -3.01. The predicted molar refractivity (Wildman–Crippen MR) is 136 cm³/mol. The quantitative estimate of drug-likeness (QED) is 0.221. The molecule has 1 fully saturated rings. The molecule has 184 valence electrons. The maximum atomic E-state index is 14.8.